The molecular formula is C18H23N3OS. The number of piperidine rings is 1. The van der Waals surface area contributed by atoms with Gasteiger partial charge in [-0.1, -0.05) is 12.1 Å². The Morgan fingerprint density at radius 2 is 2.30 bits per heavy atom. The van der Waals surface area contributed by atoms with Crippen molar-refractivity contribution in [2.75, 3.05) is 27.2 Å². The Bertz CT molecular complexity index is 654. The molecule has 23 heavy (non-hydrogen) atoms. The molecule has 0 N–H and O–H groups in total. The molecule has 1 fully saturated rings. The highest BCUT2D eigenvalue weighted by atomic mass is 32.1. The number of carbonyl (C=O) groups excluding carboxylic acids is 1. The average Bonchev–Trinajstić information content (AvgIpc) is 3.08. The van der Waals surface area contributed by atoms with Gasteiger partial charge < -0.3 is 9.80 Å². The Kier molecular flexibility index (Phi) is 5.08. The molecule has 1 unspecified atom stereocenters. The molecular weight excluding hydrogens is 306 g/mol. The smallest absolute Gasteiger partial charge is 0.253 e. The molecule has 0 radical (unpaired) electrons. The van der Waals surface area contributed by atoms with Crippen molar-refractivity contribution < 1.29 is 4.79 Å². The molecule has 122 valence electrons. The van der Waals surface area contributed by atoms with Gasteiger partial charge in [-0.05, 0) is 44.6 Å². The zero-order valence-electron chi connectivity index (χ0n) is 13.7. The van der Waals surface area contributed by atoms with Crippen LogP contribution in [-0.4, -0.2) is 47.9 Å². The molecule has 0 aliphatic carbocycles. The quantitative estimate of drug-likeness (QED) is 0.864. The largest absolute Gasteiger partial charge is 0.338 e. The average molecular weight is 329 g/mol. The van der Waals surface area contributed by atoms with Crippen molar-refractivity contribution in [2.45, 2.75) is 25.3 Å². The van der Waals surface area contributed by atoms with Crippen LogP contribution in [0.4, 0.5) is 0 Å². The number of amides is 1. The molecule has 4 nitrogen and oxygen atoms in total. The third kappa shape index (κ3) is 3.98. The lowest BCUT2D eigenvalue weighted by Gasteiger charge is -2.32. The molecule has 3 rings (SSSR count). The molecule has 1 saturated heterocycles. The SMILES string of the molecule is CN(C)Cc1cccc(C(=O)N2CCCC(c3nccs3)C2)c1. The van der Waals surface area contributed by atoms with Gasteiger partial charge in [0, 0.05) is 42.7 Å². The molecule has 0 saturated carbocycles. The van der Waals surface area contributed by atoms with Crippen molar-refractivity contribution in [2.24, 2.45) is 0 Å². The fourth-order valence-corrected chi connectivity index (χ4v) is 3.92. The number of rotatable bonds is 4. The second-order valence-electron chi connectivity index (χ2n) is 6.40. The summed E-state index contributed by atoms with van der Waals surface area (Å²) in [6.07, 6.45) is 4.02. The van der Waals surface area contributed by atoms with E-state index in [4.69, 9.17) is 0 Å². The van der Waals surface area contributed by atoms with Gasteiger partial charge in [0.15, 0.2) is 0 Å². The standard InChI is InChI=1S/C18H23N3OS/c1-20(2)12-14-5-3-6-15(11-14)18(22)21-9-4-7-16(13-21)17-19-8-10-23-17/h3,5-6,8,10-11,16H,4,7,9,12-13H2,1-2H3. The molecule has 0 bridgehead atoms. The molecule has 1 aromatic carbocycles. The summed E-state index contributed by atoms with van der Waals surface area (Å²) in [7, 11) is 4.08. The summed E-state index contributed by atoms with van der Waals surface area (Å²) in [5.41, 5.74) is 1.97. The molecule has 1 aromatic heterocycles. The van der Waals surface area contributed by atoms with Crippen LogP contribution in [0.2, 0.25) is 0 Å². The molecule has 1 aliphatic rings. The molecule has 5 heteroatoms. The third-order valence-corrected chi connectivity index (χ3v) is 5.12. The molecule has 0 spiro atoms. The predicted molar refractivity (Wildman–Crippen MR) is 93.8 cm³/mol. The third-order valence-electron chi connectivity index (χ3n) is 4.18. The maximum absolute atomic E-state index is 12.8. The maximum Gasteiger partial charge on any atom is 0.253 e. The van der Waals surface area contributed by atoms with Crippen LogP contribution in [0.15, 0.2) is 35.8 Å². The van der Waals surface area contributed by atoms with Crippen LogP contribution >= 0.6 is 11.3 Å². The highest BCUT2D eigenvalue weighted by Crippen LogP contribution is 2.29. The number of thiazole rings is 1. The number of carbonyl (C=O) groups is 1. The number of hydrogen-bond acceptors (Lipinski definition) is 4. The number of hydrogen-bond donors (Lipinski definition) is 0. The van der Waals surface area contributed by atoms with Gasteiger partial charge >= 0.3 is 0 Å². The van der Waals surface area contributed by atoms with Gasteiger partial charge in [-0.3, -0.25) is 4.79 Å². The zero-order chi connectivity index (χ0) is 16.2. The van der Waals surface area contributed by atoms with Gasteiger partial charge in [0.2, 0.25) is 0 Å². The molecule has 2 heterocycles. The first kappa shape index (κ1) is 16.1. The first-order chi connectivity index (χ1) is 11.1. The van der Waals surface area contributed by atoms with Crippen LogP contribution in [0.25, 0.3) is 0 Å². The number of aromatic nitrogens is 1. The minimum atomic E-state index is 0.145. The minimum Gasteiger partial charge on any atom is -0.338 e. The highest BCUT2D eigenvalue weighted by molar-refractivity contribution is 7.09. The van der Waals surface area contributed by atoms with Crippen LogP contribution in [0.3, 0.4) is 0 Å². The molecule has 1 amide bonds. The van der Waals surface area contributed by atoms with E-state index in [9.17, 15) is 4.79 Å². The van der Waals surface area contributed by atoms with Crippen LogP contribution in [0, 0.1) is 0 Å². The van der Waals surface area contributed by atoms with Crippen LogP contribution < -0.4 is 0 Å². The second kappa shape index (κ2) is 7.23. The Morgan fingerprint density at radius 3 is 3.04 bits per heavy atom. The van der Waals surface area contributed by atoms with Crippen LogP contribution in [0.5, 0.6) is 0 Å². The van der Waals surface area contributed by atoms with E-state index < -0.39 is 0 Å². The Hall–Kier alpha value is -1.72. The van der Waals surface area contributed by atoms with Gasteiger partial charge in [0.1, 0.15) is 0 Å². The minimum absolute atomic E-state index is 0.145. The van der Waals surface area contributed by atoms with E-state index >= 15 is 0 Å². The Labute approximate surface area is 141 Å². The lowest BCUT2D eigenvalue weighted by Crippen LogP contribution is -2.39. The number of nitrogens with zero attached hydrogens (tertiary/aromatic N) is 3. The summed E-state index contributed by atoms with van der Waals surface area (Å²) in [5, 5.41) is 3.17. The Morgan fingerprint density at radius 1 is 1.43 bits per heavy atom. The Balaban J connectivity index is 1.72. The fourth-order valence-electron chi connectivity index (χ4n) is 3.15. The first-order valence-corrected chi connectivity index (χ1v) is 8.94. The van der Waals surface area contributed by atoms with Gasteiger partial charge in [0.05, 0.1) is 5.01 Å². The summed E-state index contributed by atoms with van der Waals surface area (Å²) in [6, 6.07) is 8.00. The van der Waals surface area contributed by atoms with Crippen LogP contribution in [-0.2, 0) is 6.54 Å². The van der Waals surface area contributed by atoms with E-state index in [-0.39, 0.29) is 5.91 Å². The topological polar surface area (TPSA) is 36.4 Å². The van der Waals surface area contributed by atoms with Crippen molar-refractivity contribution in [3.8, 4) is 0 Å². The summed E-state index contributed by atoms with van der Waals surface area (Å²) < 4.78 is 0. The van der Waals surface area contributed by atoms with Crippen molar-refractivity contribution in [1.29, 1.82) is 0 Å². The fraction of sp³-hybridized carbons (Fsp3) is 0.444. The summed E-state index contributed by atoms with van der Waals surface area (Å²) in [6.45, 7) is 2.48. The normalized spacial score (nSPS) is 18.4. The zero-order valence-corrected chi connectivity index (χ0v) is 14.6. The highest BCUT2D eigenvalue weighted by Gasteiger charge is 2.26. The van der Waals surface area contributed by atoms with Crippen molar-refractivity contribution in [3.63, 3.8) is 0 Å². The van der Waals surface area contributed by atoms with Crippen LogP contribution in [0.1, 0.15) is 39.7 Å². The van der Waals surface area contributed by atoms with Gasteiger partial charge in [-0.2, -0.15) is 0 Å². The van der Waals surface area contributed by atoms with E-state index in [0.29, 0.717) is 5.92 Å². The summed E-state index contributed by atoms with van der Waals surface area (Å²) in [4.78, 5) is 21.4. The predicted octanol–water partition coefficient (Wildman–Crippen LogP) is 3.22. The van der Waals surface area contributed by atoms with Gasteiger partial charge in [0.25, 0.3) is 5.91 Å². The number of likely N-dealkylation sites (tertiary alicyclic amines) is 1. The van der Waals surface area contributed by atoms with E-state index in [2.05, 4.69) is 16.0 Å². The van der Waals surface area contributed by atoms with E-state index in [0.717, 1.165) is 43.0 Å². The molecule has 2 aromatic rings. The molecule has 1 atom stereocenters. The summed E-state index contributed by atoms with van der Waals surface area (Å²) >= 11 is 1.69. The monoisotopic (exact) mass is 329 g/mol. The van der Waals surface area contributed by atoms with Crippen molar-refractivity contribution in [3.05, 3.63) is 52.0 Å². The van der Waals surface area contributed by atoms with Crippen molar-refractivity contribution in [1.82, 2.24) is 14.8 Å². The maximum atomic E-state index is 12.8. The molecule has 1 aliphatic heterocycles. The number of benzene rings is 1. The lowest BCUT2D eigenvalue weighted by molar-refractivity contribution is 0.0707. The second-order valence-corrected chi connectivity index (χ2v) is 7.32. The van der Waals surface area contributed by atoms with Gasteiger partial charge in [-0.15, -0.1) is 11.3 Å². The van der Waals surface area contributed by atoms with E-state index in [1.807, 2.05) is 48.8 Å². The van der Waals surface area contributed by atoms with Gasteiger partial charge in [-0.25, -0.2) is 4.98 Å². The van der Waals surface area contributed by atoms with Crippen molar-refractivity contribution >= 4 is 17.2 Å². The first-order valence-electron chi connectivity index (χ1n) is 8.06. The lowest BCUT2D eigenvalue weighted by atomic mass is 9.98. The van der Waals surface area contributed by atoms with E-state index in [1.54, 1.807) is 11.3 Å². The van der Waals surface area contributed by atoms with E-state index in [1.165, 1.54) is 5.56 Å². The summed E-state index contributed by atoms with van der Waals surface area (Å²) in [5.74, 6) is 0.532.